The van der Waals surface area contributed by atoms with Gasteiger partial charge in [-0.15, -0.1) is 0 Å². The van der Waals surface area contributed by atoms with Crippen molar-refractivity contribution in [3.8, 4) is 5.75 Å². The molecule has 0 amide bonds. The fourth-order valence-electron chi connectivity index (χ4n) is 2.21. The lowest BCUT2D eigenvalue weighted by atomic mass is 10.1. The van der Waals surface area contributed by atoms with Crippen LogP contribution in [0.2, 0.25) is 0 Å². The molecule has 0 saturated heterocycles. The predicted octanol–water partition coefficient (Wildman–Crippen LogP) is 3.27. The second kappa shape index (κ2) is 5.72. The maximum absolute atomic E-state index is 5.92. The Morgan fingerprint density at radius 2 is 1.80 bits per heavy atom. The van der Waals surface area contributed by atoms with Crippen molar-refractivity contribution in [1.82, 2.24) is 4.98 Å². The molecule has 3 aromatic rings. The molecule has 0 unspecified atom stereocenters. The first-order valence-corrected chi connectivity index (χ1v) is 6.61. The van der Waals surface area contributed by atoms with E-state index in [0.29, 0.717) is 13.2 Å². The molecule has 0 aliphatic rings. The molecule has 100 valence electrons. The molecule has 3 heteroatoms. The molecule has 0 fully saturated rings. The fourth-order valence-corrected chi connectivity index (χ4v) is 2.21. The number of hydrogen-bond donors (Lipinski definition) is 1. The quantitative estimate of drug-likeness (QED) is 0.786. The third-order valence-corrected chi connectivity index (χ3v) is 3.23. The summed E-state index contributed by atoms with van der Waals surface area (Å²) in [5, 5.41) is 1.03. The van der Waals surface area contributed by atoms with Crippen molar-refractivity contribution >= 4 is 10.9 Å². The van der Waals surface area contributed by atoms with Crippen molar-refractivity contribution in [2.24, 2.45) is 5.73 Å². The lowest BCUT2D eigenvalue weighted by Gasteiger charge is -2.09. The molecule has 0 aliphatic carbocycles. The highest BCUT2D eigenvalue weighted by molar-refractivity contribution is 5.84. The first-order valence-electron chi connectivity index (χ1n) is 6.61. The Bertz CT molecular complexity index is 720. The van der Waals surface area contributed by atoms with Gasteiger partial charge in [-0.25, -0.2) is 0 Å². The zero-order valence-electron chi connectivity index (χ0n) is 11.1. The van der Waals surface area contributed by atoms with E-state index in [1.807, 2.05) is 48.5 Å². The van der Waals surface area contributed by atoms with Gasteiger partial charge in [0.15, 0.2) is 0 Å². The Labute approximate surface area is 118 Å². The normalized spacial score (nSPS) is 10.7. The summed E-state index contributed by atoms with van der Waals surface area (Å²) in [7, 11) is 0. The van der Waals surface area contributed by atoms with E-state index in [0.717, 1.165) is 27.8 Å². The molecular formula is C17H16N2O. The maximum Gasteiger partial charge on any atom is 0.129 e. The van der Waals surface area contributed by atoms with Gasteiger partial charge in [0.05, 0.1) is 5.52 Å². The van der Waals surface area contributed by atoms with E-state index in [2.05, 4.69) is 11.1 Å². The average molecular weight is 264 g/mol. The predicted molar refractivity (Wildman–Crippen MR) is 80.4 cm³/mol. The number of aromatic nitrogens is 1. The zero-order valence-corrected chi connectivity index (χ0v) is 11.1. The van der Waals surface area contributed by atoms with Crippen LogP contribution in [-0.2, 0) is 13.2 Å². The van der Waals surface area contributed by atoms with Crippen LogP contribution in [0.25, 0.3) is 10.9 Å². The molecule has 1 heterocycles. The topological polar surface area (TPSA) is 48.1 Å². The van der Waals surface area contributed by atoms with E-state index in [9.17, 15) is 0 Å². The number of pyridine rings is 1. The van der Waals surface area contributed by atoms with Crippen molar-refractivity contribution in [2.45, 2.75) is 13.2 Å². The van der Waals surface area contributed by atoms with Gasteiger partial charge >= 0.3 is 0 Å². The van der Waals surface area contributed by atoms with E-state index in [-0.39, 0.29) is 0 Å². The Hall–Kier alpha value is -2.39. The van der Waals surface area contributed by atoms with Gasteiger partial charge in [0, 0.05) is 18.1 Å². The van der Waals surface area contributed by atoms with Crippen LogP contribution in [0.15, 0.2) is 60.8 Å². The first kappa shape index (κ1) is 12.6. The molecule has 0 spiro atoms. The summed E-state index contributed by atoms with van der Waals surface area (Å²) in [5.74, 6) is 0.855. The molecular weight excluding hydrogens is 248 g/mol. The summed E-state index contributed by atoms with van der Waals surface area (Å²) in [6, 6.07) is 18.0. The van der Waals surface area contributed by atoms with Crippen molar-refractivity contribution in [3.63, 3.8) is 0 Å². The standard InChI is InChI=1S/C17H16N2O/c18-11-13-4-1-5-14(10-13)12-20-17-8-2-7-16-15(17)6-3-9-19-16/h1-10H,11-12,18H2. The molecule has 20 heavy (non-hydrogen) atoms. The lowest BCUT2D eigenvalue weighted by Crippen LogP contribution is -2.00. The summed E-state index contributed by atoms with van der Waals surface area (Å²) >= 11 is 0. The van der Waals surface area contributed by atoms with Gasteiger partial charge < -0.3 is 10.5 Å². The van der Waals surface area contributed by atoms with E-state index >= 15 is 0 Å². The van der Waals surface area contributed by atoms with E-state index in [1.54, 1.807) is 6.20 Å². The number of fused-ring (bicyclic) bond motifs is 1. The molecule has 3 nitrogen and oxygen atoms in total. The largest absolute Gasteiger partial charge is 0.488 e. The van der Waals surface area contributed by atoms with Gasteiger partial charge in [-0.05, 0) is 35.4 Å². The van der Waals surface area contributed by atoms with Crippen LogP contribution < -0.4 is 10.5 Å². The van der Waals surface area contributed by atoms with Gasteiger partial charge in [-0.1, -0.05) is 30.3 Å². The number of nitrogens with zero attached hydrogens (tertiary/aromatic N) is 1. The smallest absolute Gasteiger partial charge is 0.129 e. The van der Waals surface area contributed by atoms with Crippen molar-refractivity contribution in [2.75, 3.05) is 0 Å². The fraction of sp³-hybridized carbons (Fsp3) is 0.118. The molecule has 0 radical (unpaired) electrons. The SMILES string of the molecule is NCc1cccc(COc2cccc3ncccc23)c1. The molecule has 2 N–H and O–H groups in total. The number of benzene rings is 2. The first-order chi connectivity index (χ1) is 9.86. The molecule has 1 aromatic heterocycles. The van der Waals surface area contributed by atoms with Gasteiger partial charge in [0.1, 0.15) is 12.4 Å². The van der Waals surface area contributed by atoms with Gasteiger partial charge in [0.25, 0.3) is 0 Å². The van der Waals surface area contributed by atoms with Crippen LogP contribution in [0, 0.1) is 0 Å². The van der Waals surface area contributed by atoms with Crippen LogP contribution in [0.5, 0.6) is 5.75 Å². The van der Waals surface area contributed by atoms with Crippen LogP contribution in [-0.4, -0.2) is 4.98 Å². The van der Waals surface area contributed by atoms with E-state index in [1.165, 1.54) is 0 Å². The van der Waals surface area contributed by atoms with E-state index in [4.69, 9.17) is 10.5 Å². The minimum Gasteiger partial charge on any atom is -0.488 e. The van der Waals surface area contributed by atoms with Crippen molar-refractivity contribution in [3.05, 3.63) is 71.9 Å². The second-order valence-electron chi connectivity index (χ2n) is 4.64. The summed E-state index contributed by atoms with van der Waals surface area (Å²) < 4.78 is 5.92. The van der Waals surface area contributed by atoms with Gasteiger partial charge in [0.2, 0.25) is 0 Å². The van der Waals surface area contributed by atoms with Gasteiger partial charge in [-0.3, -0.25) is 4.98 Å². The third kappa shape index (κ3) is 2.63. The Morgan fingerprint density at radius 1 is 0.950 bits per heavy atom. The lowest BCUT2D eigenvalue weighted by molar-refractivity contribution is 0.310. The molecule has 3 rings (SSSR count). The number of ether oxygens (including phenoxy) is 1. The summed E-state index contributed by atoms with van der Waals surface area (Å²) in [4.78, 5) is 4.33. The van der Waals surface area contributed by atoms with Crippen LogP contribution >= 0.6 is 0 Å². The van der Waals surface area contributed by atoms with Crippen LogP contribution in [0.1, 0.15) is 11.1 Å². The van der Waals surface area contributed by atoms with Crippen LogP contribution in [0.4, 0.5) is 0 Å². The monoisotopic (exact) mass is 264 g/mol. The Balaban J connectivity index is 1.83. The number of hydrogen-bond acceptors (Lipinski definition) is 3. The number of nitrogens with two attached hydrogens (primary N) is 1. The highest BCUT2D eigenvalue weighted by Crippen LogP contribution is 2.24. The molecule has 0 atom stereocenters. The summed E-state index contributed by atoms with van der Waals surface area (Å²) in [5.41, 5.74) is 8.83. The molecule has 0 aliphatic heterocycles. The van der Waals surface area contributed by atoms with Crippen molar-refractivity contribution < 1.29 is 4.74 Å². The Morgan fingerprint density at radius 3 is 2.70 bits per heavy atom. The average Bonchev–Trinajstić information content (AvgIpc) is 2.53. The number of rotatable bonds is 4. The molecule has 0 bridgehead atoms. The van der Waals surface area contributed by atoms with Crippen LogP contribution in [0.3, 0.4) is 0 Å². The molecule has 0 saturated carbocycles. The maximum atomic E-state index is 5.92. The Kier molecular flexibility index (Phi) is 3.61. The summed E-state index contributed by atoms with van der Waals surface area (Å²) in [6.45, 7) is 1.08. The third-order valence-electron chi connectivity index (χ3n) is 3.23. The van der Waals surface area contributed by atoms with E-state index < -0.39 is 0 Å². The molecule has 2 aromatic carbocycles. The minimum atomic E-state index is 0.530. The summed E-state index contributed by atoms with van der Waals surface area (Å²) in [6.07, 6.45) is 1.79. The zero-order chi connectivity index (χ0) is 13.8. The van der Waals surface area contributed by atoms with Gasteiger partial charge in [-0.2, -0.15) is 0 Å². The second-order valence-corrected chi connectivity index (χ2v) is 4.64. The highest BCUT2D eigenvalue weighted by atomic mass is 16.5. The highest BCUT2D eigenvalue weighted by Gasteiger charge is 2.03. The van der Waals surface area contributed by atoms with Crippen molar-refractivity contribution in [1.29, 1.82) is 0 Å². The minimum absolute atomic E-state index is 0.530.